The van der Waals surface area contributed by atoms with Crippen molar-refractivity contribution in [3.8, 4) is 5.75 Å². The molecule has 1 aliphatic heterocycles. The second-order valence-electron chi connectivity index (χ2n) is 4.39. The van der Waals surface area contributed by atoms with E-state index in [0.29, 0.717) is 13.2 Å². The van der Waals surface area contributed by atoms with Crippen molar-refractivity contribution in [3.63, 3.8) is 0 Å². The molecule has 0 saturated carbocycles. The van der Waals surface area contributed by atoms with E-state index in [4.69, 9.17) is 9.47 Å². The molecule has 0 amide bonds. The molecule has 1 fully saturated rings. The molecule has 18 heavy (non-hydrogen) atoms. The number of methoxy groups -OCH3 is 1. The van der Waals surface area contributed by atoms with Crippen molar-refractivity contribution < 1.29 is 19.3 Å². The molecule has 0 spiro atoms. The highest BCUT2D eigenvalue weighted by Gasteiger charge is 2.32. The summed E-state index contributed by atoms with van der Waals surface area (Å²) in [6.07, 6.45) is 0.778. The van der Waals surface area contributed by atoms with Crippen LogP contribution in [0.1, 0.15) is 18.9 Å². The van der Waals surface area contributed by atoms with Crippen LogP contribution >= 0.6 is 0 Å². The fourth-order valence-corrected chi connectivity index (χ4v) is 2.00. The quantitative estimate of drug-likeness (QED) is 0.616. The number of esters is 1. The van der Waals surface area contributed by atoms with E-state index in [9.17, 15) is 4.79 Å². The average molecular weight is 248 g/mol. The van der Waals surface area contributed by atoms with E-state index in [1.54, 1.807) is 7.11 Å². The van der Waals surface area contributed by atoms with Crippen molar-refractivity contribution in [2.24, 2.45) is 5.92 Å². The van der Waals surface area contributed by atoms with Crippen molar-refractivity contribution in [2.45, 2.75) is 19.9 Å². The van der Waals surface area contributed by atoms with E-state index in [0.717, 1.165) is 23.4 Å². The molecule has 2 rings (SSSR count). The summed E-state index contributed by atoms with van der Waals surface area (Å²) in [5.41, 5.74) is 2.13. The number of ether oxygens (including phenoxy) is 2. The number of hydrogen-bond acceptors (Lipinski definition) is 3. The molecule has 0 aromatic heterocycles. The summed E-state index contributed by atoms with van der Waals surface area (Å²) >= 11 is 0. The van der Waals surface area contributed by atoms with Crippen LogP contribution in [0.4, 0.5) is 0 Å². The molecule has 1 atom stereocenters. The largest absolute Gasteiger partial charge is 0.497 e. The number of rotatable bonds is 4. The van der Waals surface area contributed by atoms with Crippen LogP contribution in [0.5, 0.6) is 5.75 Å². The third-order valence-electron chi connectivity index (χ3n) is 3.19. The maximum Gasteiger partial charge on any atom is 0.319 e. The van der Waals surface area contributed by atoms with Crippen LogP contribution in [0.15, 0.2) is 24.3 Å². The third-order valence-corrected chi connectivity index (χ3v) is 3.19. The molecule has 0 bridgehead atoms. The first-order valence-electron chi connectivity index (χ1n) is 6.07. The summed E-state index contributed by atoms with van der Waals surface area (Å²) in [5.74, 6) is 0.636. The molecule has 1 aromatic rings. The van der Waals surface area contributed by atoms with Crippen molar-refractivity contribution in [2.75, 3.05) is 13.7 Å². The fourth-order valence-electron chi connectivity index (χ4n) is 2.00. The molecule has 96 valence electrons. The number of carbonyl (C=O) groups is 1. The molecule has 4 heteroatoms. The van der Waals surface area contributed by atoms with E-state index in [2.05, 4.69) is 4.99 Å². The second kappa shape index (κ2) is 5.67. The normalized spacial score (nSPS) is 19.8. The van der Waals surface area contributed by atoms with Crippen molar-refractivity contribution in [1.29, 1.82) is 0 Å². The molecule has 1 aliphatic rings. The first-order valence-corrected chi connectivity index (χ1v) is 6.07. The van der Waals surface area contributed by atoms with Gasteiger partial charge in [-0.3, -0.25) is 4.79 Å². The first kappa shape index (κ1) is 12.6. The van der Waals surface area contributed by atoms with Gasteiger partial charge in [0.1, 0.15) is 11.7 Å². The molecule has 4 nitrogen and oxygen atoms in total. The highest BCUT2D eigenvalue weighted by Crippen LogP contribution is 2.14. The zero-order chi connectivity index (χ0) is 13.0. The van der Waals surface area contributed by atoms with Crippen molar-refractivity contribution in [3.05, 3.63) is 29.8 Å². The Labute approximate surface area is 107 Å². The van der Waals surface area contributed by atoms with Gasteiger partial charge in [-0.15, -0.1) is 0 Å². The van der Waals surface area contributed by atoms with Crippen LogP contribution in [-0.4, -0.2) is 25.4 Å². The van der Waals surface area contributed by atoms with Gasteiger partial charge in [0.15, 0.2) is 12.3 Å². The molecular formula is C14H18NO3+. The summed E-state index contributed by atoms with van der Waals surface area (Å²) in [5, 5.41) is 0. The maximum absolute atomic E-state index is 11.4. The predicted octanol–water partition coefficient (Wildman–Crippen LogP) is 0.300. The Morgan fingerprint density at radius 2 is 2.17 bits per heavy atom. The topological polar surface area (TPSA) is 49.5 Å². The molecule has 0 aliphatic carbocycles. The van der Waals surface area contributed by atoms with Gasteiger partial charge in [-0.2, -0.15) is 0 Å². The number of cyclic esters (lactones) is 1. The van der Waals surface area contributed by atoms with Gasteiger partial charge in [0.05, 0.1) is 13.7 Å². The highest BCUT2D eigenvalue weighted by molar-refractivity contribution is 5.98. The number of benzene rings is 1. The lowest BCUT2D eigenvalue weighted by atomic mass is 10.0. The minimum absolute atomic E-state index is 0.0942. The third kappa shape index (κ3) is 2.88. The number of hydrogen-bond donors (Lipinski definition) is 1. The minimum atomic E-state index is -0.116. The second-order valence-corrected chi connectivity index (χ2v) is 4.39. The Kier molecular flexibility index (Phi) is 3.97. The smallest absolute Gasteiger partial charge is 0.319 e. The molecule has 1 saturated heterocycles. The number of carbonyl (C=O) groups excluding carboxylic acids is 1. The van der Waals surface area contributed by atoms with Gasteiger partial charge in [-0.05, 0) is 24.3 Å². The van der Waals surface area contributed by atoms with E-state index in [1.807, 2.05) is 31.2 Å². The molecular weight excluding hydrogens is 230 g/mol. The van der Waals surface area contributed by atoms with Crippen molar-refractivity contribution in [1.82, 2.24) is 0 Å². The Balaban J connectivity index is 1.98. The lowest BCUT2D eigenvalue weighted by molar-refractivity contribution is -0.478. The first-order chi connectivity index (χ1) is 8.70. The summed E-state index contributed by atoms with van der Waals surface area (Å²) in [7, 11) is 1.65. The van der Waals surface area contributed by atoms with Crippen LogP contribution in [0.25, 0.3) is 0 Å². The van der Waals surface area contributed by atoms with Gasteiger partial charge in [0.25, 0.3) is 0 Å². The SMILES string of the molecule is COc1ccc(C[NH+]=C(C)[C@@H]2CCOC2=O)cc1. The lowest BCUT2D eigenvalue weighted by Gasteiger charge is -2.01. The molecule has 1 heterocycles. The minimum Gasteiger partial charge on any atom is -0.497 e. The Morgan fingerprint density at radius 1 is 1.44 bits per heavy atom. The Bertz CT molecular complexity index is 451. The van der Waals surface area contributed by atoms with E-state index >= 15 is 0 Å². The average Bonchev–Trinajstić information content (AvgIpc) is 2.83. The van der Waals surface area contributed by atoms with Gasteiger partial charge in [-0.25, -0.2) is 4.99 Å². The maximum atomic E-state index is 11.4. The van der Waals surface area contributed by atoms with Crippen LogP contribution in [-0.2, 0) is 16.1 Å². The highest BCUT2D eigenvalue weighted by atomic mass is 16.5. The Hall–Kier alpha value is -1.84. The van der Waals surface area contributed by atoms with Crippen LogP contribution in [0.2, 0.25) is 0 Å². The van der Waals surface area contributed by atoms with Gasteiger partial charge in [-0.1, -0.05) is 0 Å². The van der Waals surface area contributed by atoms with Crippen LogP contribution < -0.4 is 9.73 Å². The zero-order valence-corrected chi connectivity index (χ0v) is 10.7. The standard InChI is InChI=1S/C14H17NO3/c1-10(13-7-8-18-14(13)16)15-9-11-3-5-12(17-2)6-4-11/h3-6,13H,7-9H2,1-2H3/p+1/t13-/m0/s1. The lowest BCUT2D eigenvalue weighted by Crippen LogP contribution is -2.72. The summed E-state index contributed by atoms with van der Waals surface area (Å²) in [4.78, 5) is 14.7. The fraction of sp³-hybridized carbons (Fsp3) is 0.429. The predicted molar refractivity (Wildman–Crippen MR) is 67.4 cm³/mol. The van der Waals surface area contributed by atoms with Crippen molar-refractivity contribution >= 4 is 11.7 Å². The molecule has 0 radical (unpaired) electrons. The van der Waals surface area contributed by atoms with Crippen LogP contribution in [0.3, 0.4) is 0 Å². The van der Waals surface area contributed by atoms with Gasteiger partial charge in [0, 0.05) is 18.9 Å². The van der Waals surface area contributed by atoms with E-state index in [-0.39, 0.29) is 11.9 Å². The summed E-state index contributed by atoms with van der Waals surface area (Å²) in [6, 6.07) is 7.87. The summed E-state index contributed by atoms with van der Waals surface area (Å²) < 4.78 is 10.1. The molecule has 1 aromatic carbocycles. The van der Waals surface area contributed by atoms with E-state index < -0.39 is 0 Å². The monoisotopic (exact) mass is 248 g/mol. The van der Waals surface area contributed by atoms with Crippen LogP contribution in [0, 0.1) is 5.92 Å². The number of nitrogens with one attached hydrogen (secondary N) is 1. The van der Waals surface area contributed by atoms with E-state index in [1.165, 1.54) is 0 Å². The summed E-state index contributed by atoms with van der Waals surface area (Å²) in [6.45, 7) is 3.19. The zero-order valence-electron chi connectivity index (χ0n) is 10.7. The Morgan fingerprint density at radius 3 is 2.72 bits per heavy atom. The molecule has 0 unspecified atom stereocenters. The molecule has 1 N–H and O–H groups in total. The van der Waals surface area contributed by atoms with Gasteiger partial charge < -0.3 is 9.47 Å². The van der Waals surface area contributed by atoms with Gasteiger partial charge >= 0.3 is 5.97 Å². The van der Waals surface area contributed by atoms with Gasteiger partial charge in [0.2, 0.25) is 0 Å².